The smallest absolute Gasteiger partial charge is 0.246 e. The number of carbonyl (C=O) groups excluding carboxylic acids is 1. The minimum absolute atomic E-state index is 0.207. The average Bonchev–Trinajstić information content (AvgIpc) is 2.57. The monoisotopic (exact) mass is 237 g/mol. The van der Waals surface area contributed by atoms with Gasteiger partial charge in [0.25, 0.3) is 0 Å². The molecule has 0 aliphatic carbocycles. The van der Waals surface area contributed by atoms with E-state index in [0.717, 1.165) is 12.0 Å². The van der Waals surface area contributed by atoms with Crippen LogP contribution < -0.4 is 16.4 Å². The molecular formula is C12H16FN3O. The van der Waals surface area contributed by atoms with Crippen molar-refractivity contribution in [3.8, 4) is 0 Å². The van der Waals surface area contributed by atoms with Gasteiger partial charge in [0.1, 0.15) is 11.9 Å². The van der Waals surface area contributed by atoms with E-state index in [9.17, 15) is 9.18 Å². The number of fused-ring (bicyclic) bond motifs is 1. The van der Waals surface area contributed by atoms with Gasteiger partial charge in [0.15, 0.2) is 0 Å². The highest BCUT2D eigenvalue weighted by molar-refractivity contribution is 6.02. The van der Waals surface area contributed by atoms with Crippen molar-refractivity contribution in [2.24, 2.45) is 5.73 Å². The van der Waals surface area contributed by atoms with Gasteiger partial charge in [-0.25, -0.2) is 4.39 Å². The Labute approximate surface area is 99.4 Å². The number of hydrogen-bond acceptors (Lipinski definition) is 3. The number of nitrogens with two attached hydrogens (primary N) is 1. The van der Waals surface area contributed by atoms with Gasteiger partial charge in [-0.1, -0.05) is 6.07 Å². The van der Waals surface area contributed by atoms with E-state index in [4.69, 9.17) is 5.73 Å². The van der Waals surface area contributed by atoms with Crippen molar-refractivity contribution in [2.75, 3.05) is 18.4 Å². The summed E-state index contributed by atoms with van der Waals surface area (Å²) in [5.74, 6) is -0.585. The number of carbonyl (C=O) groups is 1. The van der Waals surface area contributed by atoms with E-state index in [1.807, 2.05) is 13.0 Å². The molecule has 1 atom stereocenters. The Morgan fingerprint density at radius 2 is 2.29 bits per heavy atom. The van der Waals surface area contributed by atoms with Gasteiger partial charge in [0.2, 0.25) is 5.91 Å². The summed E-state index contributed by atoms with van der Waals surface area (Å²) in [4.78, 5) is 11.7. The number of hydrogen-bond donors (Lipinski definition) is 3. The zero-order valence-corrected chi connectivity index (χ0v) is 9.72. The van der Waals surface area contributed by atoms with Gasteiger partial charge in [-0.05, 0) is 38.1 Å². The number of benzene rings is 1. The van der Waals surface area contributed by atoms with Crippen molar-refractivity contribution in [3.63, 3.8) is 0 Å². The molecule has 4 nitrogen and oxygen atoms in total. The summed E-state index contributed by atoms with van der Waals surface area (Å²) in [5.41, 5.74) is 7.18. The molecule has 1 unspecified atom stereocenters. The molecule has 0 saturated carbocycles. The van der Waals surface area contributed by atoms with E-state index in [2.05, 4.69) is 10.6 Å². The summed E-state index contributed by atoms with van der Waals surface area (Å²) in [5, 5.41) is 5.65. The Balaban J connectivity index is 2.23. The zero-order chi connectivity index (χ0) is 12.4. The summed E-state index contributed by atoms with van der Waals surface area (Å²) in [6.07, 6.45) is 0.785. The molecule has 1 heterocycles. The lowest BCUT2D eigenvalue weighted by atomic mass is 10.0. The Hall–Kier alpha value is -1.46. The van der Waals surface area contributed by atoms with Crippen LogP contribution in [0.4, 0.5) is 10.1 Å². The SMILES string of the molecule is Cc1cc(F)c2c(c1)C(NCCCN)C(=O)N2. The highest BCUT2D eigenvalue weighted by Crippen LogP contribution is 2.33. The zero-order valence-electron chi connectivity index (χ0n) is 9.72. The molecule has 1 aromatic rings. The molecule has 92 valence electrons. The minimum Gasteiger partial charge on any atom is -0.330 e. The topological polar surface area (TPSA) is 67.1 Å². The van der Waals surface area contributed by atoms with Crippen molar-refractivity contribution in [3.05, 3.63) is 29.1 Å². The summed E-state index contributed by atoms with van der Waals surface area (Å²) >= 11 is 0. The highest BCUT2D eigenvalue weighted by atomic mass is 19.1. The van der Waals surface area contributed by atoms with Gasteiger partial charge in [0, 0.05) is 5.56 Å². The van der Waals surface area contributed by atoms with Gasteiger partial charge in [-0.15, -0.1) is 0 Å². The summed E-state index contributed by atoms with van der Waals surface area (Å²) in [6.45, 7) is 3.02. The number of anilines is 1. The first-order chi connectivity index (χ1) is 8.13. The molecular weight excluding hydrogens is 221 g/mol. The van der Waals surface area contributed by atoms with Crippen molar-refractivity contribution in [2.45, 2.75) is 19.4 Å². The van der Waals surface area contributed by atoms with Crippen LogP contribution in [0.2, 0.25) is 0 Å². The van der Waals surface area contributed by atoms with Gasteiger partial charge in [0.05, 0.1) is 5.69 Å². The van der Waals surface area contributed by atoms with Crippen molar-refractivity contribution < 1.29 is 9.18 Å². The van der Waals surface area contributed by atoms with Crippen LogP contribution in [0.1, 0.15) is 23.6 Å². The van der Waals surface area contributed by atoms with E-state index in [0.29, 0.717) is 24.3 Å². The third-order valence-corrected chi connectivity index (χ3v) is 2.82. The Kier molecular flexibility index (Phi) is 3.40. The first kappa shape index (κ1) is 12.0. The fraction of sp³-hybridized carbons (Fsp3) is 0.417. The molecule has 2 rings (SSSR count). The molecule has 4 N–H and O–H groups in total. The second kappa shape index (κ2) is 4.81. The molecule has 0 radical (unpaired) electrons. The third-order valence-electron chi connectivity index (χ3n) is 2.82. The fourth-order valence-corrected chi connectivity index (χ4v) is 2.02. The molecule has 0 aromatic heterocycles. The first-order valence-corrected chi connectivity index (χ1v) is 5.68. The fourth-order valence-electron chi connectivity index (χ4n) is 2.02. The summed E-state index contributed by atoms with van der Waals surface area (Å²) < 4.78 is 13.6. The van der Waals surface area contributed by atoms with Crippen LogP contribution in [-0.2, 0) is 4.79 Å². The van der Waals surface area contributed by atoms with Crippen LogP contribution in [0.25, 0.3) is 0 Å². The quantitative estimate of drug-likeness (QED) is 0.686. The Morgan fingerprint density at radius 3 is 3.00 bits per heavy atom. The Morgan fingerprint density at radius 1 is 1.53 bits per heavy atom. The van der Waals surface area contributed by atoms with Gasteiger partial charge < -0.3 is 16.4 Å². The average molecular weight is 237 g/mol. The molecule has 0 fully saturated rings. The largest absolute Gasteiger partial charge is 0.330 e. The lowest BCUT2D eigenvalue weighted by Crippen LogP contribution is -2.29. The molecule has 1 aliphatic heterocycles. The lowest BCUT2D eigenvalue weighted by Gasteiger charge is -2.11. The summed E-state index contributed by atoms with van der Waals surface area (Å²) in [6, 6.07) is 2.78. The van der Waals surface area contributed by atoms with E-state index in [-0.39, 0.29) is 11.7 Å². The van der Waals surface area contributed by atoms with Gasteiger partial charge in [-0.3, -0.25) is 4.79 Å². The van der Waals surface area contributed by atoms with Gasteiger partial charge in [-0.2, -0.15) is 0 Å². The predicted octanol–water partition coefficient (Wildman–Crippen LogP) is 1.07. The maximum absolute atomic E-state index is 13.6. The van der Waals surface area contributed by atoms with Crippen molar-refractivity contribution in [1.82, 2.24) is 5.32 Å². The maximum Gasteiger partial charge on any atom is 0.246 e. The third kappa shape index (κ3) is 2.30. The van der Waals surface area contributed by atoms with Crippen LogP contribution >= 0.6 is 0 Å². The van der Waals surface area contributed by atoms with E-state index < -0.39 is 6.04 Å². The normalized spacial score (nSPS) is 18.1. The van der Waals surface area contributed by atoms with Crippen LogP contribution in [-0.4, -0.2) is 19.0 Å². The van der Waals surface area contributed by atoms with Crippen molar-refractivity contribution >= 4 is 11.6 Å². The Bertz CT molecular complexity index is 448. The number of aryl methyl sites for hydroxylation is 1. The highest BCUT2D eigenvalue weighted by Gasteiger charge is 2.32. The summed E-state index contributed by atoms with van der Waals surface area (Å²) in [7, 11) is 0. The van der Waals surface area contributed by atoms with Crippen molar-refractivity contribution in [1.29, 1.82) is 0 Å². The van der Waals surface area contributed by atoms with Gasteiger partial charge >= 0.3 is 0 Å². The van der Waals surface area contributed by atoms with E-state index in [1.54, 1.807) is 0 Å². The van der Waals surface area contributed by atoms with Crippen LogP contribution in [0.5, 0.6) is 0 Å². The molecule has 1 aliphatic rings. The standard InChI is InChI=1S/C12H16FN3O/c1-7-5-8-10(9(13)6-7)16-12(17)11(8)15-4-2-3-14/h5-6,11,15H,2-4,14H2,1H3,(H,16,17). The molecule has 5 heteroatoms. The maximum atomic E-state index is 13.6. The molecule has 17 heavy (non-hydrogen) atoms. The molecule has 0 bridgehead atoms. The minimum atomic E-state index is -0.467. The van der Waals surface area contributed by atoms with E-state index in [1.165, 1.54) is 6.07 Å². The number of halogens is 1. The van der Waals surface area contributed by atoms with E-state index >= 15 is 0 Å². The number of nitrogens with one attached hydrogen (secondary N) is 2. The number of amides is 1. The van der Waals surface area contributed by atoms with Crippen LogP contribution in [0.3, 0.4) is 0 Å². The molecule has 1 aromatic carbocycles. The molecule has 0 spiro atoms. The van der Waals surface area contributed by atoms with Crippen LogP contribution in [0.15, 0.2) is 12.1 Å². The molecule has 0 saturated heterocycles. The molecule has 1 amide bonds. The number of rotatable bonds is 4. The second-order valence-corrected chi connectivity index (χ2v) is 4.23. The first-order valence-electron chi connectivity index (χ1n) is 5.68. The predicted molar refractivity (Wildman–Crippen MR) is 64.2 cm³/mol. The lowest BCUT2D eigenvalue weighted by molar-refractivity contribution is -0.117. The van der Waals surface area contributed by atoms with Crippen LogP contribution in [0, 0.1) is 12.7 Å². The second-order valence-electron chi connectivity index (χ2n) is 4.23.